The molecule has 134 valence electrons. The van der Waals surface area contributed by atoms with E-state index in [1.165, 1.54) is 29.2 Å². The van der Waals surface area contributed by atoms with E-state index in [4.69, 9.17) is 0 Å². The molecule has 2 aliphatic rings. The number of hydrogen-bond donors (Lipinski definition) is 1. The molecule has 0 bridgehead atoms. The van der Waals surface area contributed by atoms with Gasteiger partial charge in [-0.1, -0.05) is 6.07 Å². The number of hydrogen-bond acceptors (Lipinski definition) is 4. The molecule has 0 radical (unpaired) electrons. The molecule has 1 N–H and O–H groups in total. The van der Waals surface area contributed by atoms with Gasteiger partial charge in [0, 0.05) is 6.20 Å². The van der Waals surface area contributed by atoms with Gasteiger partial charge < -0.3 is 9.80 Å². The van der Waals surface area contributed by atoms with Crippen LogP contribution in [-0.2, 0) is 9.59 Å². The lowest BCUT2D eigenvalue weighted by molar-refractivity contribution is -0.915. The Labute approximate surface area is 150 Å². The second kappa shape index (κ2) is 6.84. The van der Waals surface area contributed by atoms with E-state index in [-0.39, 0.29) is 30.1 Å². The van der Waals surface area contributed by atoms with Crippen molar-refractivity contribution < 1.29 is 18.9 Å². The predicted octanol–water partition coefficient (Wildman–Crippen LogP) is 0.258. The van der Waals surface area contributed by atoms with Crippen LogP contribution in [0.2, 0.25) is 0 Å². The van der Waals surface area contributed by atoms with E-state index in [2.05, 4.69) is 9.88 Å². The second-order valence-corrected chi connectivity index (χ2v) is 6.63. The Morgan fingerprint density at radius 2 is 1.77 bits per heavy atom. The molecule has 2 saturated heterocycles. The summed E-state index contributed by atoms with van der Waals surface area (Å²) in [5, 5.41) is 0. The minimum Gasteiger partial charge on any atom is -0.345 e. The van der Waals surface area contributed by atoms with E-state index >= 15 is 0 Å². The van der Waals surface area contributed by atoms with Crippen molar-refractivity contribution in [2.45, 2.75) is 12.5 Å². The quantitative estimate of drug-likeness (QED) is 0.803. The van der Waals surface area contributed by atoms with Crippen LogP contribution in [0.15, 0.2) is 48.7 Å². The van der Waals surface area contributed by atoms with Gasteiger partial charge in [0.1, 0.15) is 11.6 Å². The molecule has 1 aromatic heterocycles. The first-order valence-corrected chi connectivity index (χ1v) is 8.76. The van der Waals surface area contributed by atoms with Crippen molar-refractivity contribution in [3.05, 3.63) is 54.5 Å². The zero-order valence-corrected chi connectivity index (χ0v) is 14.3. The van der Waals surface area contributed by atoms with Crippen LogP contribution >= 0.6 is 0 Å². The lowest BCUT2D eigenvalue weighted by Crippen LogP contribution is -3.19. The summed E-state index contributed by atoms with van der Waals surface area (Å²) in [5.41, 5.74) is 0.440. The number of amides is 2. The Balaban J connectivity index is 1.44. The predicted molar refractivity (Wildman–Crippen MR) is 94.4 cm³/mol. The zero-order chi connectivity index (χ0) is 18.1. The minimum atomic E-state index is -0.388. The summed E-state index contributed by atoms with van der Waals surface area (Å²) in [4.78, 5) is 34.1. The van der Waals surface area contributed by atoms with Gasteiger partial charge in [-0.2, -0.15) is 0 Å². The highest BCUT2D eigenvalue weighted by molar-refractivity contribution is 6.21. The number of benzene rings is 1. The SMILES string of the molecule is O=C1CC([NH+]2CCN(c3ccccn3)CC2)C(=O)N1c1ccc(F)cc1. The fourth-order valence-corrected chi connectivity index (χ4v) is 3.72. The van der Waals surface area contributed by atoms with Gasteiger partial charge >= 0.3 is 0 Å². The van der Waals surface area contributed by atoms with Gasteiger partial charge in [0.15, 0.2) is 6.04 Å². The maximum absolute atomic E-state index is 13.1. The molecule has 0 saturated carbocycles. The van der Waals surface area contributed by atoms with Crippen molar-refractivity contribution in [2.24, 2.45) is 0 Å². The molecular weight excluding hydrogens is 335 g/mol. The van der Waals surface area contributed by atoms with Crippen LogP contribution in [0.3, 0.4) is 0 Å². The van der Waals surface area contributed by atoms with E-state index in [1.54, 1.807) is 6.20 Å². The lowest BCUT2D eigenvalue weighted by Gasteiger charge is -2.34. The number of anilines is 2. The van der Waals surface area contributed by atoms with Gasteiger partial charge in [-0.05, 0) is 36.4 Å². The molecule has 2 aliphatic heterocycles. The van der Waals surface area contributed by atoms with Crippen molar-refractivity contribution in [1.82, 2.24) is 4.98 Å². The van der Waals surface area contributed by atoms with Gasteiger partial charge in [0.2, 0.25) is 5.91 Å². The highest BCUT2D eigenvalue weighted by atomic mass is 19.1. The Morgan fingerprint density at radius 3 is 2.42 bits per heavy atom. The molecule has 7 heteroatoms. The average molecular weight is 355 g/mol. The molecule has 4 rings (SSSR count). The van der Waals surface area contributed by atoms with Crippen LogP contribution in [0, 0.1) is 5.82 Å². The minimum absolute atomic E-state index is 0.192. The number of rotatable bonds is 3. The maximum Gasteiger partial charge on any atom is 0.292 e. The second-order valence-electron chi connectivity index (χ2n) is 6.63. The molecule has 1 unspecified atom stereocenters. The van der Waals surface area contributed by atoms with Crippen LogP contribution in [0.5, 0.6) is 0 Å². The molecule has 0 aliphatic carbocycles. The van der Waals surface area contributed by atoms with Crippen LogP contribution in [0.4, 0.5) is 15.9 Å². The molecule has 6 nitrogen and oxygen atoms in total. The number of nitrogens with one attached hydrogen (secondary N) is 1. The summed E-state index contributed by atoms with van der Waals surface area (Å²) in [5.74, 6) is 0.142. The first-order valence-electron chi connectivity index (χ1n) is 8.76. The molecule has 1 atom stereocenters. The number of aromatic nitrogens is 1. The van der Waals surface area contributed by atoms with Crippen molar-refractivity contribution in [3.8, 4) is 0 Å². The number of piperazine rings is 1. The summed E-state index contributed by atoms with van der Waals surface area (Å²) in [7, 11) is 0. The number of halogens is 1. The van der Waals surface area contributed by atoms with E-state index in [0.29, 0.717) is 5.69 Å². The Morgan fingerprint density at radius 1 is 1.04 bits per heavy atom. The molecule has 2 aromatic rings. The summed E-state index contributed by atoms with van der Waals surface area (Å²) < 4.78 is 13.1. The van der Waals surface area contributed by atoms with Gasteiger partial charge in [-0.15, -0.1) is 0 Å². The molecule has 0 spiro atoms. The maximum atomic E-state index is 13.1. The summed E-state index contributed by atoms with van der Waals surface area (Å²) in [6.45, 7) is 3.14. The number of imide groups is 1. The first-order chi connectivity index (χ1) is 12.6. The lowest BCUT2D eigenvalue weighted by atomic mass is 10.1. The average Bonchev–Trinajstić information content (AvgIpc) is 2.98. The van der Waals surface area contributed by atoms with Gasteiger partial charge in [-0.3, -0.25) is 9.59 Å². The van der Waals surface area contributed by atoms with Crippen molar-refractivity contribution in [1.29, 1.82) is 0 Å². The third-order valence-corrected chi connectivity index (χ3v) is 5.10. The molecule has 3 heterocycles. The molecular formula is C19H20FN4O2+. The summed E-state index contributed by atoms with van der Waals surface area (Å²) >= 11 is 0. The van der Waals surface area contributed by atoms with Crippen LogP contribution in [0.1, 0.15) is 6.42 Å². The number of carbonyl (C=O) groups is 2. The fraction of sp³-hybridized carbons (Fsp3) is 0.316. The molecule has 26 heavy (non-hydrogen) atoms. The third kappa shape index (κ3) is 3.06. The number of nitrogens with zero attached hydrogens (tertiary/aromatic N) is 3. The monoisotopic (exact) mass is 355 g/mol. The van der Waals surface area contributed by atoms with E-state index in [1.807, 2.05) is 18.2 Å². The van der Waals surface area contributed by atoms with Crippen LogP contribution in [0.25, 0.3) is 0 Å². The standard InChI is InChI=1S/C19H19FN4O2/c20-14-4-6-15(7-5-14)24-18(25)13-16(19(24)26)22-9-11-23(12-10-22)17-3-1-2-8-21-17/h1-8,16H,9-13H2/p+1. The van der Waals surface area contributed by atoms with E-state index in [0.717, 1.165) is 36.9 Å². The van der Waals surface area contributed by atoms with Crippen molar-refractivity contribution in [2.75, 3.05) is 36.0 Å². The Kier molecular flexibility index (Phi) is 4.38. The van der Waals surface area contributed by atoms with Crippen molar-refractivity contribution in [3.63, 3.8) is 0 Å². The van der Waals surface area contributed by atoms with Crippen molar-refractivity contribution >= 4 is 23.3 Å². The molecule has 1 aromatic carbocycles. The van der Waals surface area contributed by atoms with Gasteiger partial charge in [-0.25, -0.2) is 14.3 Å². The number of carbonyl (C=O) groups excluding carboxylic acids is 2. The van der Waals surface area contributed by atoms with E-state index < -0.39 is 0 Å². The van der Waals surface area contributed by atoms with E-state index in [9.17, 15) is 14.0 Å². The Bertz CT molecular complexity index is 804. The third-order valence-electron chi connectivity index (χ3n) is 5.10. The molecule has 2 amide bonds. The Hall–Kier alpha value is -2.80. The summed E-state index contributed by atoms with van der Waals surface area (Å²) in [6.07, 6.45) is 1.98. The highest BCUT2D eigenvalue weighted by Crippen LogP contribution is 2.22. The normalized spacial score (nSPS) is 21.5. The number of quaternary nitrogens is 1. The number of pyridine rings is 1. The van der Waals surface area contributed by atoms with Crippen LogP contribution < -0.4 is 14.7 Å². The van der Waals surface area contributed by atoms with Gasteiger partial charge in [0.25, 0.3) is 5.91 Å². The topological polar surface area (TPSA) is 58.0 Å². The summed E-state index contributed by atoms with van der Waals surface area (Å²) in [6, 6.07) is 10.9. The fourth-order valence-electron chi connectivity index (χ4n) is 3.72. The van der Waals surface area contributed by atoms with Gasteiger partial charge in [0.05, 0.1) is 38.3 Å². The highest BCUT2D eigenvalue weighted by Gasteiger charge is 2.46. The largest absolute Gasteiger partial charge is 0.345 e. The molecule has 2 fully saturated rings. The first kappa shape index (κ1) is 16.7. The smallest absolute Gasteiger partial charge is 0.292 e. The zero-order valence-electron chi connectivity index (χ0n) is 14.3. The van der Waals surface area contributed by atoms with Crippen LogP contribution in [-0.4, -0.2) is 49.0 Å².